The van der Waals surface area contributed by atoms with Crippen LogP contribution >= 0.6 is 11.8 Å². The topological polar surface area (TPSA) is 72.7 Å². The summed E-state index contributed by atoms with van der Waals surface area (Å²) in [7, 11) is 0. The minimum atomic E-state index is -0.320. The van der Waals surface area contributed by atoms with E-state index in [1.54, 1.807) is 10.7 Å². The summed E-state index contributed by atoms with van der Waals surface area (Å²) in [5, 5.41) is 7.56. The van der Waals surface area contributed by atoms with Crippen molar-refractivity contribution >= 4 is 23.5 Å². The van der Waals surface area contributed by atoms with Crippen LogP contribution in [0.15, 0.2) is 60.7 Å². The van der Waals surface area contributed by atoms with Gasteiger partial charge in [0.05, 0.1) is 16.7 Å². The van der Waals surface area contributed by atoms with E-state index in [4.69, 9.17) is 5.10 Å². The zero-order valence-electron chi connectivity index (χ0n) is 17.5. The number of carbonyl (C=O) groups excluding carboxylic acids is 1. The molecule has 6 nitrogen and oxygen atoms in total. The van der Waals surface area contributed by atoms with Crippen LogP contribution in [0.3, 0.4) is 0 Å². The molecule has 2 aromatic carbocycles. The quantitative estimate of drug-likeness (QED) is 0.488. The minimum Gasteiger partial charge on any atom is -0.309 e. The molecule has 32 heavy (non-hydrogen) atoms. The van der Waals surface area contributed by atoms with Crippen LogP contribution in [0.5, 0.6) is 0 Å². The first-order valence-electron chi connectivity index (χ1n) is 10.2. The number of hydrogen-bond donors (Lipinski definition) is 1. The lowest BCUT2D eigenvalue weighted by atomic mass is 10.00. The zero-order chi connectivity index (χ0) is 22.2. The van der Waals surface area contributed by atoms with E-state index >= 15 is 0 Å². The first kappa shape index (κ1) is 20.4. The fourth-order valence-corrected chi connectivity index (χ4v) is 5.02. The maximum Gasteiger partial charge on any atom is 0.252 e. The molecule has 1 aliphatic rings. The highest BCUT2D eigenvalue weighted by atomic mass is 32.2. The number of anilines is 1. The molecule has 0 unspecified atom stereocenters. The van der Waals surface area contributed by atoms with Gasteiger partial charge in [-0.3, -0.25) is 4.79 Å². The predicted octanol–water partition coefficient (Wildman–Crippen LogP) is 4.86. The average Bonchev–Trinajstić information content (AvgIpc) is 3.04. The van der Waals surface area contributed by atoms with Gasteiger partial charge in [-0.05, 0) is 37.6 Å². The summed E-state index contributed by atoms with van der Waals surface area (Å²) in [6.07, 6.45) is 0. The van der Waals surface area contributed by atoms with Crippen LogP contribution in [0, 0.1) is 19.7 Å². The molecule has 4 aromatic rings. The van der Waals surface area contributed by atoms with Crippen molar-refractivity contribution in [2.75, 3.05) is 11.1 Å². The number of rotatable bonds is 3. The van der Waals surface area contributed by atoms with Crippen molar-refractivity contribution < 1.29 is 9.18 Å². The SMILES string of the molecule is Cc1cc(C)nc(-n2nc(-c3ccccc3)c3c2NC(=O)CS[C@@H]3c2cccc(F)c2)n1. The van der Waals surface area contributed by atoms with E-state index in [-0.39, 0.29) is 22.7 Å². The molecule has 5 rings (SSSR count). The monoisotopic (exact) mass is 445 g/mol. The van der Waals surface area contributed by atoms with Gasteiger partial charge >= 0.3 is 0 Å². The molecule has 8 heteroatoms. The Labute approximate surface area is 188 Å². The number of aryl methyl sites for hydroxylation is 2. The second-order valence-corrected chi connectivity index (χ2v) is 8.73. The largest absolute Gasteiger partial charge is 0.309 e. The first-order valence-corrected chi connectivity index (χ1v) is 11.2. The van der Waals surface area contributed by atoms with Gasteiger partial charge in [-0.15, -0.1) is 11.8 Å². The summed E-state index contributed by atoms with van der Waals surface area (Å²) >= 11 is 1.45. The Morgan fingerprint density at radius 3 is 2.50 bits per heavy atom. The van der Waals surface area contributed by atoms with E-state index in [0.29, 0.717) is 17.5 Å². The van der Waals surface area contributed by atoms with Gasteiger partial charge in [-0.2, -0.15) is 9.78 Å². The van der Waals surface area contributed by atoms with Gasteiger partial charge in [0.2, 0.25) is 5.91 Å². The van der Waals surface area contributed by atoms with Crippen LogP contribution in [-0.2, 0) is 4.79 Å². The maximum absolute atomic E-state index is 14.1. The number of nitrogens with one attached hydrogen (secondary N) is 1. The summed E-state index contributed by atoms with van der Waals surface area (Å²) in [5.41, 5.74) is 4.77. The molecule has 0 fully saturated rings. The van der Waals surface area contributed by atoms with Gasteiger partial charge < -0.3 is 5.32 Å². The van der Waals surface area contributed by atoms with E-state index in [2.05, 4.69) is 15.3 Å². The van der Waals surface area contributed by atoms with E-state index in [1.807, 2.05) is 56.3 Å². The smallest absolute Gasteiger partial charge is 0.252 e. The lowest BCUT2D eigenvalue weighted by Gasteiger charge is -2.16. The van der Waals surface area contributed by atoms with E-state index in [0.717, 1.165) is 28.1 Å². The maximum atomic E-state index is 14.1. The summed E-state index contributed by atoms with van der Waals surface area (Å²) < 4.78 is 15.7. The first-order chi connectivity index (χ1) is 15.5. The number of nitrogens with zero attached hydrogens (tertiary/aromatic N) is 4. The molecule has 1 aliphatic heterocycles. The molecule has 0 bridgehead atoms. The van der Waals surface area contributed by atoms with Crippen LogP contribution in [0.4, 0.5) is 10.2 Å². The molecule has 2 aromatic heterocycles. The summed E-state index contributed by atoms with van der Waals surface area (Å²) in [6.45, 7) is 3.78. The molecule has 0 aliphatic carbocycles. The van der Waals surface area contributed by atoms with Crippen LogP contribution in [0.2, 0.25) is 0 Å². The summed E-state index contributed by atoms with van der Waals surface area (Å²) in [6, 6.07) is 18.1. The van der Waals surface area contributed by atoms with Crippen molar-refractivity contribution in [2.45, 2.75) is 19.1 Å². The normalized spacial score (nSPS) is 15.7. The van der Waals surface area contributed by atoms with Gasteiger partial charge in [0.15, 0.2) is 0 Å². The van der Waals surface area contributed by atoms with Crippen molar-refractivity contribution in [1.29, 1.82) is 0 Å². The third-order valence-corrected chi connectivity index (χ3v) is 6.45. The number of halogens is 1. The van der Waals surface area contributed by atoms with Gasteiger partial charge in [0.25, 0.3) is 5.95 Å². The Hall–Kier alpha value is -3.52. The summed E-state index contributed by atoms with van der Waals surface area (Å²) in [4.78, 5) is 21.8. The van der Waals surface area contributed by atoms with Crippen LogP contribution in [-0.4, -0.2) is 31.4 Å². The van der Waals surface area contributed by atoms with Gasteiger partial charge in [0.1, 0.15) is 11.6 Å². The van der Waals surface area contributed by atoms with Crippen LogP contribution < -0.4 is 5.32 Å². The zero-order valence-corrected chi connectivity index (χ0v) is 18.4. The third kappa shape index (κ3) is 3.78. The fourth-order valence-electron chi connectivity index (χ4n) is 3.90. The molecule has 0 saturated heterocycles. The number of amides is 1. The highest BCUT2D eigenvalue weighted by molar-refractivity contribution is 8.00. The third-order valence-electron chi connectivity index (χ3n) is 5.18. The Morgan fingerprint density at radius 2 is 1.78 bits per heavy atom. The molecule has 1 N–H and O–H groups in total. The number of hydrogen-bond acceptors (Lipinski definition) is 5. The lowest BCUT2D eigenvalue weighted by molar-refractivity contribution is -0.113. The lowest BCUT2D eigenvalue weighted by Crippen LogP contribution is -2.17. The number of benzene rings is 2. The number of aromatic nitrogens is 4. The molecular weight excluding hydrogens is 425 g/mol. The Balaban J connectivity index is 1.81. The van der Waals surface area contributed by atoms with Crippen molar-refractivity contribution in [3.63, 3.8) is 0 Å². The molecule has 0 radical (unpaired) electrons. The number of thioether (sulfide) groups is 1. The fraction of sp³-hybridized carbons (Fsp3) is 0.167. The molecule has 160 valence electrons. The number of fused-ring (bicyclic) bond motifs is 1. The van der Waals surface area contributed by atoms with Crippen molar-refractivity contribution in [1.82, 2.24) is 19.7 Å². The second kappa shape index (κ2) is 8.20. The molecule has 1 atom stereocenters. The van der Waals surface area contributed by atoms with Crippen molar-refractivity contribution in [3.8, 4) is 17.2 Å². The number of carbonyl (C=O) groups is 1. The van der Waals surface area contributed by atoms with Crippen LogP contribution in [0.1, 0.15) is 27.8 Å². The molecule has 0 saturated carbocycles. The predicted molar refractivity (Wildman–Crippen MR) is 123 cm³/mol. The second-order valence-electron chi connectivity index (χ2n) is 7.63. The van der Waals surface area contributed by atoms with Crippen molar-refractivity contribution in [2.24, 2.45) is 0 Å². The van der Waals surface area contributed by atoms with Gasteiger partial charge in [0, 0.05) is 22.5 Å². The Morgan fingerprint density at radius 1 is 1.03 bits per heavy atom. The van der Waals surface area contributed by atoms with Crippen molar-refractivity contribution in [3.05, 3.63) is 89.0 Å². The molecular formula is C24H20FN5OS. The van der Waals surface area contributed by atoms with Gasteiger partial charge in [-0.1, -0.05) is 42.5 Å². The molecule has 1 amide bonds. The highest BCUT2D eigenvalue weighted by Crippen LogP contribution is 2.46. The summed E-state index contributed by atoms with van der Waals surface area (Å²) in [5.74, 6) is 0.654. The molecule has 3 heterocycles. The Kier molecular flexibility index (Phi) is 5.22. The highest BCUT2D eigenvalue weighted by Gasteiger charge is 2.33. The minimum absolute atomic E-state index is 0.153. The van der Waals surface area contributed by atoms with Crippen LogP contribution in [0.25, 0.3) is 17.2 Å². The van der Waals surface area contributed by atoms with E-state index < -0.39 is 0 Å². The average molecular weight is 446 g/mol. The van der Waals surface area contributed by atoms with E-state index in [1.165, 1.54) is 23.9 Å². The van der Waals surface area contributed by atoms with Gasteiger partial charge in [-0.25, -0.2) is 14.4 Å². The standard InChI is InChI=1S/C24H20FN5OS/c1-14-11-15(2)27-24(26-14)30-23-20(21(29-30)16-7-4-3-5-8-16)22(32-13-19(31)28-23)17-9-6-10-18(25)12-17/h3-12,22H,13H2,1-2H3,(H,28,31)/t22-/m1/s1. The molecule has 0 spiro atoms. The van der Waals surface area contributed by atoms with E-state index in [9.17, 15) is 9.18 Å². The Bertz CT molecular complexity index is 1300.